The zero-order chi connectivity index (χ0) is 21.8. The van der Waals surface area contributed by atoms with E-state index in [0.717, 1.165) is 5.01 Å². The van der Waals surface area contributed by atoms with Crippen molar-refractivity contribution in [2.24, 2.45) is 0 Å². The number of nitrogens with zero attached hydrogens (tertiary/aromatic N) is 3. The number of amides is 2. The van der Waals surface area contributed by atoms with Crippen LogP contribution >= 0.6 is 0 Å². The minimum atomic E-state index is -0.896. The number of rotatable bonds is 6. The lowest BCUT2D eigenvalue weighted by atomic mass is 10.1. The lowest BCUT2D eigenvalue weighted by Crippen LogP contribution is -2.48. The second kappa shape index (κ2) is 8.99. The number of para-hydroxylation sites is 1. The van der Waals surface area contributed by atoms with Gasteiger partial charge in [-0.3, -0.25) is 19.7 Å². The Morgan fingerprint density at radius 1 is 1.28 bits per heavy atom. The highest BCUT2D eigenvalue weighted by Gasteiger charge is 2.45. The molecule has 1 fully saturated rings. The Bertz CT molecular complexity index is 803. The van der Waals surface area contributed by atoms with Crippen molar-refractivity contribution >= 4 is 23.7 Å². The molecule has 1 aliphatic rings. The zero-order valence-corrected chi connectivity index (χ0v) is 16.9. The van der Waals surface area contributed by atoms with Gasteiger partial charge in [0, 0.05) is 24.1 Å². The van der Waals surface area contributed by atoms with E-state index in [1.54, 1.807) is 33.8 Å². The summed E-state index contributed by atoms with van der Waals surface area (Å²) < 4.78 is 10.3. The molecule has 10 nitrogen and oxygen atoms in total. The van der Waals surface area contributed by atoms with Crippen LogP contribution in [0, 0.1) is 10.1 Å². The summed E-state index contributed by atoms with van der Waals surface area (Å²) >= 11 is 0. The number of esters is 1. The van der Waals surface area contributed by atoms with Gasteiger partial charge in [0.05, 0.1) is 24.5 Å². The summed E-state index contributed by atoms with van der Waals surface area (Å²) in [6.45, 7) is 6.71. The third-order valence-corrected chi connectivity index (χ3v) is 4.12. The van der Waals surface area contributed by atoms with Crippen LogP contribution in [0.2, 0.25) is 0 Å². The molecule has 1 aromatic rings. The molecule has 1 heterocycles. The first kappa shape index (κ1) is 22.3. The molecule has 10 heteroatoms. The Hall–Kier alpha value is -3.01. The average molecular weight is 407 g/mol. The van der Waals surface area contributed by atoms with Crippen molar-refractivity contribution in [1.29, 1.82) is 0 Å². The molecule has 0 radical (unpaired) electrons. The van der Waals surface area contributed by atoms with Crippen LogP contribution in [0.25, 0.3) is 0 Å². The van der Waals surface area contributed by atoms with E-state index in [1.807, 2.05) is 0 Å². The van der Waals surface area contributed by atoms with E-state index in [2.05, 4.69) is 0 Å². The van der Waals surface area contributed by atoms with Gasteiger partial charge < -0.3 is 9.47 Å². The molecule has 0 saturated carbocycles. The van der Waals surface area contributed by atoms with Crippen molar-refractivity contribution in [2.75, 3.05) is 6.61 Å². The molecule has 0 N–H and O–H groups in total. The summed E-state index contributed by atoms with van der Waals surface area (Å²) in [6.07, 6.45) is -1.15. The standard InChI is InChI=1S/C19H25N3O7/c1-5-28-17(24)11-14-10-16(23)21(18(25)29-19(2,3)4)20(14)12-13-8-6-7-9-15(13)22(26)27/h6-9,14H,5,10-12H2,1-4H3. The third kappa shape index (κ3) is 5.74. The van der Waals surface area contributed by atoms with Gasteiger partial charge >= 0.3 is 12.1 Å². The van der Waals surface area contributed by atoms with Crippen LogP contribution in [0.1, 0.15) is 46.1 Å². The summed E-state index contributed by atoms with van der Waals surface area (Å²) in [5.74, 6) is -1.07. The van der Waals surface area contributed by atoms with E-state index >= 15 is 0 Å². The van der Waals surface area contributed by atoms with Crippen LogP contribution in [0.3, 0.4) is 0 Å². The fourth-order valence-electron chi connectivity index (χ4n) is 3.00. The summed E-state index contributed by atoms with van der Waals surface area (Å²) in [7, 11) is 0. The fraction of sp³-hybridized carbons (Fsp3) is 0.526. The molecule has 158 valence electrons. The zero-order valence-electron chi connectivity index (χ0n) is 16.9. The Morgan fingerprint density at radius 2 is 1.93 bits per heavy atom. The van der Waals surface area contributed by atoms with Gasteiger partial charge in [-0.1, -0.05) is 18.2 Å². The molecule has 1 saturated heterocycles. The van der Waals surface area contributed by atoms with E-state index in [4.69, 9.17) is 9.47 Å². The van der Waals surface area contributed by atoms with Gasteiger partial charge in [-0.15, -0.1) is 0 Å². The van der Waals surface area contributed by atoms with Crippen LogP contribution in [-0.2, 0) is 25.6 Å². The van der Waals surface area contributed by atoms with Crippen molar-refractivity contribution in [3.8, 4) is 0 Å². The average Bonchev–Trinajstić information content (AvgIpc) is 2.89. The Morgan fingerprint density at radius 3 is 2.52 bits per heavy atom. The van der Waals surface area contributed by atoms with E-state index < -0.39 is 34.5 Å². The summed E-state index contributed by atoms with van der Waals surface area (Å²) in [5, 5.41) is 13.5. The van der Waals surface area contributed by atoms with Crippen molar-refractivity contribution in [3.63, 3.8) is 0 Å². The van der Waals surface area contributed by atoms with Crippen molar-refractivity contribution in [2.45, 2.75) is 58.7 Å². The molecule has 2 amide bonds. The molecule has 0 aliphatic carbocycles. The molecule has 1 unspecified atom stereocenters. The summed E-state index contributed by atoms with van der Waals surface area (Å²) in [5.41, 5.74) is -0.693. The van der Waals surface area contributed by atoms with Crippen LogP contribution in [0.5, 0.6) is 0 Å². The van der Waals surface area contributed by atoms with Crippen molar-refractivity contribution in [1.82, 2.24) is 10.0 Å². The van der Waals surface area contributed by atoms with Gasteiger partial charge in [0.15, 0.2) is 0 Å². The van der Waals surface area contributed by atoms with Gasteiger partial charge in [-0.25, -0.2) is 4.79 Å². The van der Waals surface area contributed by atoms with Crippen molar-refractivity contribution < 1.29 is 28.8 Å². The normalized spacial score (nSPS) is 17.3. The van der Waals surface area contributed by atoms with E-state index in [9.17, 15) is 24.5 Å². The first-order valence-corrected chi connectivity index (χ1v) is 9.24. The van der Waals surface area contributed by atoms with Crippen LogP contribution < -0.4 is 0 Å². The molecule has 0 bridgehead atoms. The maximum atomic E-state index is 12.6. The molecule has 1 aromatic carbocycles. The number of benzene rings is 1. The number of carbonyl (C=O) groups excluding carboxylic acids is 3. The first-order chi connectivity index (χ1) is 13.5. The van der Waals surface area contributed by atoms with Gasteiger partial charge in [0.1, 0.15) is 5.60 Å². The maximum absolute atomic E-state index is 12.6. The number of hydrogen-bond donors (Lipinski definition) is 0. The van der Waals surface area contributed by atoms with Gasteiger partial charge in [-0.2, -0.15) is 10.0 Å². The minimum Gasteiger partial charge on any atom is -0.466 e. The SMILES string of the molecule is CCOC(=O)CC1CC(=O)N(C(=O)OC(C)(C)C)N1Cc1ccccc1[N+](=O)[O-]. The highest BCUT2D eigenvalue weighted by atomic mass is 16.6. The number of carbonyl (C=O) groups is 3. The number of ether oxygens (including phenoxy) is 2. The molecule has 1 aliphatic heterocycles. The van der Waals surface area contributed by atoms with Crippen LogP contribution in [0.15, 0.2) is 24.3 Å². The van der Waals surface area contributed by atoms with Crippen LogP contribution in [0.4, 0.5) is 10.5 Å². The minimum absolute atomic E-state index is 0.112. The molecular weight excluding hydrogens is 382 g/mol. The van der Waals surface area contributed by atoms with E-state index in [-0.39, 0.29) is 31.7 Å². The number of imide groups is 1. The predicted octanol–water partition coefficient (Wildman–Crippen LogP) is 2.80. The second-order valence-corrected chi connectivity index (χ2v) is 7.54. The van der Waals surface area contributed by atoms with Gasteiger partial charge in [0.25, 0.3) is 5.69 Å². The highest BCUT2D eigenvalue weighted by Crippen LogP contribution is 2.29. The maximum Gasteiger partial charge on any atom is 0.432 e. The van der Waals surface area contributed by atoms with Gasteiger partial charge in [0.2, 0.25) is 5.91 Å². The lowest BCUT2D eigenvalue weighted by Gasteiger charge is -2.31. The quantitative estimate of drug-likeness (QED) is 0.401. The molecule has 29 heavy (non-hydrogen) atoms. The Balaban J connectivity index is 2.37. The monoisotopic (exact) mass is 407 g/mol. The number of hydrogen-bond acceptors (Lipinski definition) is 8. The van der Waals surface area contributed by atoms with Crippen LogP contribution in [-0.4, -0.2) is 51.2 Å². The fourth-order valence-corrected chi connectivity index (χ4v) is 3.00. The summed E-state index contributed by atoms with van der Waals surface area (Å²) in [6, 6.07) is 5.34. The summed E-state index contributed by atoms with van der Waals surface area (Å²) in [4.78, 5) is 48.0. The molecular formula is C19H25N3O7. The second-order valence-electron chi connectivity index (χ2n) is 7.54. The molecule has 0 spiro atoms. The number of nitro groups is 1. The largest absolute Gasteiger partial charge is 0.466 e. The van der Waals surface area contributed by atoms with Gasteiger partial charge in [-0.05, 0) is 27.7 Å². The topological polar surface area (TPSA) is 119 Å². The first-order valence-electron chi connectivity index (χ1n) is 9.24. The number of nitro benzene ring substituents is 1. The lowest BCUT2D eigenvalue weighted by molar-refractivity contribution is -0.385. The van der Waals surface area contributed by atoms with E-state index in [1.165, 1.54) is 23.2 Å². The Labute approximate surface area is 168 Å². The molecule has 1 atom stereocenters. The number of hydrazine groups is 1. The predicted molar refractivity (Wildman–Crippen MR) is 101 cm³/mol. The molecule has 0 aromatic heterocycles. The third-order valence-electron chi connectivity index (χ3n) is 4.12. The van der Waals surface area contributed by atoms with E-state index in [0.29, 0.717) is 5.56 Å². The van der Waals surface area contributed by atoms with Crippen molar-refractivity contribution in [3.05, 3.63) is 39.9 Å². The highest BCUT2D eigenvalue weighted by molar-refractivity contribution is 5.93. The Kier molecular flexibility index (Phi) is 6.91. The molecule has 2 rings (SSSR count). The smallest absolute Gasteiger partial charge is 0.432 e.